The van der Waals surface area contributed by atoms with E-state index in [1.807, 2.05) is 18.2 Å². The lowest BCUT2D eigenvalue weighted by Crippen LogP contribution is -2.38. The van der Waals surface area contributed by atoms with Crippen molar-refractivity contribution in [1.82, 2.24) is 20.1 Å². The van der Waals surface area contributed by atoms with Crippen LogP contribution in [0.25, 0.3) is 10.8 Å². The van der Waals surface area contributed by atoms with Gasteiger partial charge in [-0.3, -0.25) is 14.6 Å². The molecule has 0 spiro atoms. The van der Waals surface area contributed by atoms with Gasteiger partial charge in [0.25, 0.3) is 11.5 Å². The average molecular weight is 364 g/mol. The standard InChI is InChI=1S/C20H20N4O3/c25-19-17-9-2-1-8-16(17)18(22-23-19)20(26)24(13-15-7-5-11-27-15)12-14-6-3-4-10-21-14/h1-4,6,8-10,15H,5,7,11-13H2,(H,23,25)/t15-/m0/s1. The topological polar surface area (TPSA) is 88.2 Å². The van der Waals surface area contributed by atoms with Crippen molar-refractivity contribution >= 4 is 16.7 Å². The first kappa shape index (κ1) is 17.4. The van der Waals surface area contributed by atoms with Gasteiger partial charge in [-0.05, 0) is 31.0 Å². The van der Waals surface area contributed by atoms with Gasteiger partial charge in [0.15, 0.2) is 5.69 Å². The van der Waals surface area contributed by atoms with Crippen molar-refractivity contribution in [2.24, 2.45) is 0 Å². The van der Waals surface area contributed by atoms with Crippen LogP contribution in [-0.2, 0) is 11.3 Å². The zero-order chi connectivity index (χ0) is 18.6. The van der Waals surface area contributed by atoms with Crippen LogP contribution >= 0.6 is 0 Å². The molecule has 0 bridgehead atoms. The predicted molar refractivity (Wildman–Crippen MR) is 100 cm³/mol. The molecule has 1 atom stereocenters. The third-order valence-corrected chi connectivity index (χ3v) is 4.71. The maximum Gasteiger partial charge on any atom is 0.275 e. The number of H-pyrrole nitrogens is 1. The number of carbonyl (C=O) groups excluding carboxylic acids is 1. The molecule has 138 valence electrons. The van der Waals surface area contributed by atoms with Crippen molar-refractivity contribution < 1.29 is 9.53 Å². The maximum atomic E-state index is 13.3. The van der Waals surface area contributed by atoms with Crippen molar-refractivity contribution in [2.75, 3.05) is 13.2 Å². The monoisotopic (exact) mass is 364 g/mol. The SMILES string of the molecule is O=C(c1n[nH]c(=O)c2ccccc12)N(Cc1ccccn1)C[C@@H]1CCCO1. The Hall–Kier alpha value is -3.06. The van der Waals surface area contributed by atoms with Gasteiger partial charge in [-0.25, -0.2) is 5.10 Å². The second kappa shape index (κ2) is 7.67. The number of nitrogens with one attached hydrogen (secondary N) is 1. The first-order valence-electron chi connectivity index (χ1n) is 9.00. The Bertz CT molecular complexity index is 997. The third kappa shape index (κ3) is 3.73. The summed E-state index contributed by atoms with van der Waals surface area (Å²) in [4.78, 5) is 31.4. The van der Waals surface area contributed by atoms with Crippen molar-refractivity contribution in [2.45, 2.75) is 25.5 Å². The van der Waals surface area contributed by atoms with Crippen LogP contribution in [0.3, 0.4) is 0 Å². The van der Waals surface area contributed by atoms with Gasteiger partial charge in [0.05, 0.1) is 23.7 Å². The number of rotatable bonds is 5. The summed E-state index contributed by atoms with van der Waals surface area (Å²) in [5.74, 6) is -0.247. The summed E-state index contributed by atoms with van der Waals surface area (Å²) in [6.07, 6.45) is 3.63. The number of benzene rings is 1. The lowest BCUT2D eigenvalue weighted by atomic mass is 10.1. The summed E-state index contributed by atoms with van der Waals surface area (Å²) in [6, 6.07) is 12.6. The van der Waals surface area contributed by atoms with Gasteiger partial charge in [-0.2, -0.15) is 5.10 Å². The minimum Gasteiger partial charge on any atom is -0.376 e. The highest BCUT2D eigenvalue weighted by Crippen LogP contribution is 2.19. The van der Waals surface area contributed by atoms with Crippen molar-refractivity contribution in [3.63, 3.8) is 0 Å². The van der Waals surface area contributed by atoms with Crippen LogP contribution < -0.4 is 5.56 Å². The minimum absolute atomic E-state index is 0.00619. The molecule has 7 heteroatoms. The van der Waals surface area contributed by atoms with Crippen LogP contribution in [0.15, 0.2) is 53.5 Å². The minimum atomic E-state index is -0.308. The number of pyridine rings is 1. The first-order valence-corrected chi connectivity index (χ1v) is 9.00. The summed E-state index contributed by atoms with van der Waals surface area (Å²) in [5, 5.41) is 7.49. The fourth-order valence-corrected chi connectivity index (χ4v) is 3.37. The van der Waals surface area contributed by atoms with E-state index >= 15 is 0 Å². The number of carbonyl (C=O) groups is 1. The molecular formula is C20H20N4O3. The van der Waals surface area contributed by atoms with Gasteiger partial charge in [-0.1, -0.05) is 24.3 Å². The van der Waals surface area contributed by atoms with E-state index < -0.39 is 0 Å². The summed E-state index contributed by atoms with van der Waals surface area (Å²) < 4.78 is 5.72. The van der Waals surface area contributed by atoms with Crippen molar-refractivity contribution in [1.29, 1.82) is 0 Å². The Labute approximate surface area is 156 Å². The number of nitrogens with zero attached hydrogens (tertiary/aromatic N) is 3. The number of aromatic amines is 1. The quantitative estimate of drug-likeness (QED) is 0.749. The summed E-state index contributed by atoms with van der Waals surface area (Å²) in [7, 11) is 0. The number of fused-ring (bicyclic) bond motifs is 1. The van der Waals surface area contributed by atoms with Gasteiger partial charge in [-0.15, -0.1) is 0 Å². The molecule has 1 aliphatic rings. The van der Waals surface area contributed by atoms with E-state index in [4.69, 9.17) is 4.74 Å². The summed E-state index contributed by atoms with van der Waals surface area (Å²) in [6.45, 7) is 1.54. The molecule has 1 amide bonds. The van der Waals surface area contributed by atoms with Crippen LogP contribution in [0.5, 0.6) is 0 Å². The Morgan fingerprint density at radius 1 is 1.19 bits per heavy atom. The summed E-state index contributed by atoms with van der Waals surface area (Å²) in [5.41, 5.74) is 0.717. The molecule has 0 radical (unpaired) electrons. The maximum absolute atomic E-state index is 13.3. The molecule has 0 unspecified atom stereocenters. The second-order valence-corrected chi connectivity index (χ2v) is 6.59. The molecular weight excluding hydrogens is 344 g/mol. The van der Waals surface area contributed by atoms with E-state index in [2.05, 4.69) is 15.2 Å². The van der Waals surface area contributed by atoms with E-state index in [9.17, 15) is 9.59 Å². The lowest BCUT2D eigenvalue weighted by Gasteiger charge is -2.25. The number of hydrogen-bond acceptors (Lipinski definition) is 5. The van der Waals surface area contributed by atoms with E-state index in [1.165, 1.54) is 0 Å². The summed E-state index contributed by atoms with van der Waals surface area (Å²) >= 11 is 0. The molecule has 1 N–H and O–H groups in total. The molecule has 7 nitrogen and oxygen atoms in total. The second-order valence-electron chi connectivity index (χ2n) is 6.59. The largest absolute Gasteiger partial charge is 0.376 e. The van der Waals surface area contributed by atoms with Crippen molar-refractivity contribution in [3.05, 3.63) is 70.4 Å². The van der Waals surface area contributed by atoms with E-state index in [0.29, 0.717) is 23.9 Å². The molecule has 0 saturated carbocycles. The van der Waals surface area contributed by atoms with E-state index in [-0.39, 0.29) is 23.3 Å². The van der Waals surface area contributed by atoms with E-state index in [1.54, 1.807) is 35.4 Å². The van der Waals surface area contributed by atoms with Gasteiger partial charge in [0, 0.05) is 24.7 Å². The number of ether oxygens (including phenoxy) is 1. The van der Waals surface area contributed by atoms with E-state index in [0.717, 1.165) is 25.1 Å². The number of hydrogen-bond donors (Lipinski definition) is 1. The highest BCUT2D eigenvalue weighted by molar-refractivity contribution is 6.04. The van der Waals surface area contributed by atoms with Crippen LogP contribution in [0.1, 0.15) is 29.0 Å². The molecule has 3 aromatic rings. The zero-order valence-electron chi connectivity index (χ0n) is 14.8. The van der Waals surface area contributed by atoms with Crippen LogP contribution in [0, 0.1) is 0 Å². The molecule has 2 aromatic heterocycles. The zero-order valence-corrected chi connectivity index (χ0v) is 14.8. The Balaban J connectivity index is 1.69. The molecule has 1 aromatic carbocycles. The van der Waals surface area contributed by atoms with Crippen LogP contribution in [-0.4, -0.2) is 45.2 Å². The molecule has 4 rings (SSSR count). The van der Waals surface area contributed by atoms with Gasteiger partial charge in [0.1, 0.15) is 0 Å². The molecule has 27 heavy (non-hydrogen) atoms. The van der Waals surface area contributed by atoms with Gasteiger partial charge in [0.2, 0.25) is 0 Å². The fraction of sp³-hybridized carbons (Fsp3) is 0.300. The smallest absolute Gasteiger partial charge is 0.275 e. The Kier molecular flexibility index (Phi) is 4.93. The van der Waals surface area contributed by atoms with Crippen LogP contribution in [0.4, 0.5) is 0 Å². The fourth-order valence-electron chi connectivity index (χ4n) is 3.37. The Morgan fingerprint density at radius 3 is 2.74 bits per heavy atom. The molecule has 1 saturated heterocycles. The Morgan fingerprint density at radius 2 is 2.00 bits per heavy atom. The lowest BCUT2D eigenvalue weighted by molar-refractivity contribution is 0.0501. The third-order valence-electron chi connectivity index (χ3n) is 4.71. The normalized spacial score (nSPS) is 16.5. The highest BCUT2D eigenvalue weighted by Gasteiger charge is 2.26. The molecule has 1 fully saturated rings. The van der Waals surface area contributed by atoms with Crippen LogP contribution in [0.2, 0.25) is 0 Å². The number of amides is 1. The first-order chi connectivity index (χ1) is 13.2. The van der Waals surface area contributed by atoms with Crippen molar-refractivity contribution in [3.8, 4) is 0 Å². The highest BCUT2D eigenvalue weighted by atomic mass is 16.5. The average Bonchev–Trinajstić information content (AvgIpc) is 3.21. The molecule has 1 aliphatic heterocycles. The molecule has 3 heterocycles. The number of aromatic nitrogens is 3. The molecule has 0 aliphatic carbocycles. The van der Waals surface area contributed by atoms with Gasteiger partial charge >= 0.3 is 0 Å². The predicted octanol–water partition coefficient (Wildman–Crippen LogP) is 2.14. The van der Waals surface area contributed by atoms with Gasteiger partial charge < -0.3 is 9.64 Å².